The number of piperidine rings is 1. The highest BCUT2D eigenvalue weighted by Crippen LogP contribution is 2.38. The third-order valence-corrected chi connectivity index (χ3v) is 4.41. The summed E-state index contributed by atoms with van der Waals surface area (Å²) in [6.07, 6.45) is -1.91. The van der Waals surface area contributed by atoms with E-state index in [2.05, 4.69) is 0 Å². The molecule has 1 saturated heterocycles. The van der Waals surface area contributed by atoms with E-state index in [4.69, 9.17) is 0 Å². The smallest absolute Gasteiger partial charge is 0.313 e. The number of carbonyl (C=O) groups is 2. The van der Waals surface area contributed by atoms with E-state index < -0.39 is 59.0 Å². The van der Waals surface area contributed by atoms with Crippen molar-refractivity contribution in [3.63, 3.8) is 0 Å². The van der Waals surface area contributed by atoms with E-state index in [9.17, 15) is 37.4 Å². The van der Waals surface area contributed by atoms with Crippen LogP contribution >= 0.6 is 0 Å². The van der Waals surface area contributed by atoms with Crippen molar-refractivity contribution in [2.24, 2.45) is 5.92 Å². The molecule has 1 heterocycles. The summed E-state index contributed by atoms with van der Waals surface area (Å²) in [6.45, 7) is 0.0176. The summed E-state index contributed by atoms with van der Waals surface area (Å²) in [5.41, 5.74) is -1.02. The van der Waals surface area contributed by atoms with Gasteiger partial charge in [0.05, 0.1) is 17.8 Å². The predicted molar refractivity (Wildman–Crippen MR) is 70.5 cm³/mol. The van der Waals surface area contributed by atoms with Crippen LogP contribution in [0.25, 0.3) is 0 Å². The van der Waals surface area contributed by atoms with Crippen molar-refractivity contribution < 1.29 is 37.4 Å². The second-order valence-corrected chi connectivity index (χ2v) is 5.80. The molecule has 3 rings (SSSR count). The van der Waals surface area contributed by atoms with Crippen LogP contribution in [0.4, 0.5) is 23.2 Å². The SMILES string of the molecule is O=C(Nc1cc(F)c(F)c(F)c1F)C(=O)N1C[C@@H]2C[C@H]1[C@@H](O)[C@H]2O. The van der Waals surface area contributed by atoms with Crippen LogP contribution in [0.2, 0.25) is 0 Å². The Morgan fingerprint density at radius 3 is 2.33 bits per heavy atom. The fourth-order valence-corrected chi connectivity index (χ4v) is 3.18. The highest BCUT2D eigenvalue weighted by Gasteiger charge is 2.53. The molecule has 2 aliphatic rings. The standard InChI is InChI=1S/C14H12F4N2O4/c15-5-2-6(9(17)10(18)8(5)16)19-13(23)14(24)20-3-4-1-7(20)12(22)11(4)21/h2,4,7,11-12,21-22H,1,3H2,(H,19,23)/t4-,7-,11-,12+/m0/s1. The van der Waals surface area contributed by atoms with Crippen molar-refractivity contribution in [2.75, 3.05) is 11.9 Å². The molecule has 0 unspecified atom stereocenters. The number of aliphatic hydroxyl groups is 2. The second kappa shape index (κ2) is 5.71. The summed E-state index contributed by atoms with van der Waals surface area (Å²) in [5.74, 6) is -10.7. The maximum atomic E-state index is 13.5. The first kappa shape index (κ1) is 16.7. The molecule has 0 radical (unpaired) electrons. The largest absolute Gasteiger partial charge is 0.390 e. The van der Waals surface area contributed by atoms with Crippen molar-refractivity contribution in [3.8, 4) is 0 Å². The number of fused-ring (bicyclic) bond motifs is 2. The molecule has 1 saturated carbocycles. The van der Waals surface area contributed by atoms with Crippen LogP contribution in [0.15, 0.2) is 6.07 Å². The van der Waals surface area contributed by atoms with Gasteiger partial charge in [-0.3, -0.25) is 9.59 Å². The van der Waals surface area contributed by atoms with Crippen molar-refractivity contribution >= 4 is 17.5 Å². The number of likely N-dealkylation sites (tertiary alicyclic amines) is 1. The molecule has 3 N–H and O–H groups in total. The highest BCUT2D eigenvalue weighted by molar-refractivity contribution is 6.39. The monoisotopic (exact) mass is 348 g/mol. The Kier molecular flexibility index (Phi) is 3.96. The predicted octanol–water partition coefficient (Wildman–Crippen LogP) is 0.134. The molecule has 4 atom stereocenters. The van der Waals surface area contributed by atoms with Crippen LogP contribution in [0.1, 0.15) is 6.42 Å². The minimum atomic E-state index is -2.11. The molecule has 1 aromatic carbocycles. The molecular weight excluding hydrogens is 336 g/mol. The topological polar surface area (TPSA) is 89.9 Å². The van der Waals surface area contributed by atoms with E-state index in [-0.39, 0.29) is 18.5 Å². The number of benzene rings is 1. The molecule has 2 bridgehead atoms. The first-order chi connectivity index (χ1) is 11.2. The average Bonchev–Trinajstić information content (AvgIpc) is 3.10. The summed E-state index contributed by atoms with van der Waals surface area (Å²) in [5, 5.41) is 21.1. The third-order valence-electron chi connectivity index (χ3n) is 4.41. The first-order valence-corrected chi connectivity index (χ1v) is 7.03. The van der Waals surface area contributed by atoms with Crippen molar-refractivity contribution in [1.29, 1.82) is 0 Å². The van der Waals surface area contributed by atoms with Gasteiger partial charge in [-0.1, -0.05) is 0 Å². The van der Waals surface area contributed by atoms with E-state index in [1.165, 1.54) is 0 Å². The Morgan fingerprint density at radius 1 is 1.08 bits per heavy atom. The quantitative estimate of drug-likeness (QED) is 0.291. The molecule has 24 heavy (non-hydrogen) atoms. The number of amides is 2. The summed E-state index contributed by atoms with van der Waals surface area (Å²) in [6, 6.07) is -0.553. The molecular formula is C14H12F4N2O4. The maximum absolute atomic E-state index is 13.5. The van der Waals surface area contributed by atoms with E-state index >= 15 is 0 Å². The van der Waals surface area contributed by atoms with Crippen LogP contribution in [0, 0.1) is 29.2 Å². The van der Waals surface area contributed by atoms with Crippen LogP contribution in [-0.2, 0) is 9.59 Å². The summed E-state index contributed by atoms with van der Waals surface area (Å²) in [7, 11) is 0. The van der Waals surface area contributed by atoms with Crippen LogP contribution in [0.3, 0.4) is 0 Å². The first-order valence-electron chi connectivity index (χ1n) is 7.03. The molecule has 0 spiro atoms. The van der Waals surface area contributed by atoms with Gasteiger partial charge >= 0.3 is 11.8 Å². The normalized spacial score (nSPS) is 28.3. The van der Waals surface area contributed by atoms with Gasteiger partial charge in [-0.25, -0.2) is 17.6 Å². The zero-order valence-electron chi connectivity index (χ0n) is 12.0. The third kappa shape index (κ3) is 2.42. The number of aliphatic hydroxyl groups excluding tert-OH is 2. The van der Waals surface area contributed by atoms with Crippen LogP contribution < -0.4 is 5.32 Å². The zero-order valence-corrected chi connectivity index (χ0v) is 12.0. The van der Waals surface area contributed by atoms with Gasteiger partial charge in [0.25, 0.3) is 0 Å². The lowest BCUT2D eigenvalue weighted by Gasteiger charge is -2.32. The van der Waals surface area contributed by atoms with Crippen LogP contribution in [0.5, 0.6) is 0 Å². The number of hydrogen-bond acceptors (Lipinski definition) is 4. The van der Waals surface area contributed by atoms with E-state index in [1.54, 1.807) is 5.32 Å². The lowest BCUT2D eigenvalue weighted by molar-refractivity contribution is -0.148. The highest BCUT2D eigenvalue weighted by atomic mass is 19.2. The molecule has 6 nitrogen and oxygen atoms in total. The average molecular weight is 348 g/mol. The van der Waals surface area contributed by atoms with Gasteiger partial charge in [-0.05, 0) is 6.42 Å². The molecule has 1 aliphatic carbocycles. The molecule has 1 aliphatic heterocycles. The number of carbonyl (C=O) groups excluding carboxylic acids is 2. The fraction of sp³-hybridized carbons (Fsp3) is 0.429. The molecule has 10 heteroatoms. The Morgan fingerprint density at radius 2 is 1.75 bits per heavy atom. The second-order valence-electron chi connectivity index (χ2n) is 5.80. The van der Waals surface area contributed by atoms with Gasteiger partial charge in [-0.15, -0.1) is 0 Å². The summed E-state index contributed by atoms with van der Waals surface area (Å²) in [4.78, 5) is 25.0. The van der Waals surface area contributed by atoms with E-state index in [0.717, 1.165) is 4.90 Å². The van der Waals surface area contributed by atoms with Crippen molar-refractivity contribution in [2.45, 2.75) is 24.7 Å². The zero-order chi connectivity index (χ0) is 17.8. The lowest BCUT2D eigenvalue weighted by Crippen LogP contribution is -2.53. The number of hydrogen-bond donors (Lipinski definition) is 3. The number of nitrogens with zero attached hydrogens (tertiary/aromatic N) is 1. The van der Waals surface area contributed by atoms with Gasteiger partial charge in [0.2, 0.25) is 0 Å². The Hall–Kier alpha value is -2.20. The summed E-state index contributed by atoms with van der Waals surface area (Å²) < 4.78 is 52.6. The van der Waals surface area contributed by atoms with Gasteiger partial charge in [0, 0.05) is 18.5 Å². The maximum Gasteiger partial charge on any atom is 0.313 e. The Labute approximate surface area is 132 Å². The number of rotatable bonds is 1. The Balaban J connectivity index is 1.76. The number of nitrogens with one attached hydrogen (secondary N) is 1. The molecule has 0 aromatic heterocycles. The molecule has 130 valence electrons. The lowest BCUT2D eigenvalue weighted by atomic mass is 10.0. The van der Waals surface area contributed by atoms with E-state index in [0.29, 0.717) is 6.42 Å². The molecule has 2 fully saturated rings. The van der Waals surface area contributed by atoms with Gasteiger partial charge in [0.1, 0.15) is 6.10 Å². The molecule has 1 aromatic rings. The van der Waals surface area contributed by atoms with Gasteiger partial charge in [0.15, 0.2) is 23.3 Å². The fourth-order valence-electron chi connectivity index (χ4n) is 3.18. The molecule has 2 amide bonds. The van der Waals surface area contributed by atoms with Crippen molar-refractivity contribution in [3.05, 3.63) is 29.3 Å². The van der Waals surface area contributed by atoms with Gasteiger partial charge < -0.3 is 20.4 Å². The summed E-state index contributed by atoms with van der Waals surface area (Å²) >= 11 is 0. The van der Waals surface area contributed by atoms with Crippen LogP contribution in [-0.4, -0.2) is 51.7 Å². The number of halogens is 4. The minimum absolute atomic E-state index is 0.0176. The van der Waals surface area contributed by atoms with Gasteiger partial charge in [-0.2, -0.15) is 0 Å². The van der Waals surface area contributed by atoms with Crippen molar-refractivity contribution in [1.82, 2.24) is 4.90 Å². The Bertz CT molecular complexity index is 727. The minimum Gasteiger partial charge on any atom is -0.390 e. The van der Waals surface area contributed by atoms with E-state index in [1.807, 2.05) is 0 Å². The number of anilines is 1.